The van der Waals surface area contributed by atoms with Gasteiger partial charge in [-0.25, -0.2) is 9.07 Å². The van der Waals surface area contributed by atoms with Gasteiger partial charge in [0.1, 0.15) is 23.6 Å². The Balaban J connectivity index is 1.20. The molecule has 2 aliphatic rings. The van der Waals surface area contributed by atoms with Crippen LogP contribution in [0.2, 0.25) is 0 Å². The number of rotatable bonds is 6. The molecule has 3 aromatic rings. The van der Waals surface area contributed by atoms with Gasteiger partial charge in [0.25, 0.3) is 0 Å². The molecule has 2 aliphatic heterocycles. The lowest BCUT2D eigenvalue weighted by atomic mass is 10.0. The van der Waals surface area contributed by atoms with Gasteiger partial charge in [0.15, 0.2) is 0 Å². The minimum Gasteiger partial charge on any atom is -0.342 e. The predicted octanol–water partition coefficient (Wildman–Crippen LogP) is 1.81. The first kappa shape index (κ1) is 20.4. The third-order valence-electron chi connectivity index (χ3n) is 6.11. The van der Waals surface area contributed by atoms with Crippen LogP contribution in [0.15, 0.2) is 67.0 Å². The number of halogens is 1. The molecule has 0 bridgehead atoms. The SMILES string of the molecule is O=C1N[C@H](Cc2ccccc2)C(=O)N2C[C@@H](NCc3cnn(-c4ccccc4F)c3)C[C@@H]12. The summed E-state index contributed by atoms with van der Waals surface area (Å²) in [5.41, 5.74) is 2.31. The first-order chi connectivity index (χ1) is 15.6. The lowest BCUT2D eigenvalue weighted by molar-refractivity contribution is -0.147. The maximum atomic E-state index is 14.0. The monoisotopic (exact) mass is 433 g/mol. The van der Waals surface area contributed by atoms with Crippen LogP contribution in [0.4, 0.5) is 4.39 Å². The van der Waals surface area contributed by atoms with Crippen LogP contribution in [0.3, 0.4) is 0 Å². The van der Waals surface area contributed by atoms with E-state index in [2.05, 4.69) is 15.7 Å². The van der Waals surface area contributed by atoms with E-state index in [1.54, 1.807) is 35.5 Å². The van der Waals surface area contributed by atoms with Gasteiger partial charge >= 0.3 is 0 Å². The molecule has 1 aromatic heterocycles. The maximum absolute atomic E-state index is 14.0. The van der Waals surface area contributed by atoms with E-state index < -0.39 is 12.1 Å². The zero-order valence-electron chi connectivity index (χ0n) is 17.4. The standard InChI is InChI=1S/C24H24FN5O2/c25-19-8-4-5-9-21(19)30-14-17(13-27-30)12-26-18-11-22-23(31)28-20(24(32)29(22)15-18)10-16-6-2-1-3-7-16/h1-9,13-14,18,20,22,26H,10-12,15H2,(H,28,31)/t18-,20+,22-/m0/s1. The van der Waals surface area contributed by atoms with Gasteiger partial charge < -0.3 is 15.5 Å². The predicted molar refractivity (Wildman–Crippen MR) is 116 cm³/mol. The number of carbonyl (C=O) groups excluding carboxylic acids is 2. The molecule has 0 radical (unpaired) electrons. The molecule has 5 rings (SSSR count). The number of hydrogen-bond acceptors (Lipinski definition) is 4. The Kier molecular flexibility index (Phi) is 5.45. The van der Waals surface area contributed by atoms with Crippen LogP contribution in [-0.4, -0.2) is 51.2 Å². The van der Waals surface area contributed by atoms with E-state index in [0.29, 0.717) is 31.6 Å². The number of piperazine rings is 1. The molecule has 2 aromatic carbocycles. The van der Waals surface area contributed by atoms with Crippen molar-refractivity contribution in [3.05, 3.63) is 83.9 Å². The average Bonchev–Trinajstić information content (AvgIpc) is 3.45. The summed E-state index contributed by atoms with van der Waals surface area (Å²) in [5.74, 6) is -0.463. The molecule has 2 saturated heterocycles. The second-order valence-electron chi connectivity index (χ2n) is 8.32. The van der Waals surface area contributed by atoms with Gasteiger partial charge in [-0.3, -0.25) is 9.59 Å². The Bertz CT molecular complexity index is 1130. The molecule has 0 unspecified atom stereocenters. The Morgan fingerprint density at radius 2 is 1.84 bits per heavy atom. The van der Waals surface area contributed by atoms with E-state index in [9.17, 15) is 14.0 Å². The summed E-state index contributed by atoms with van der Waals surface area (Å²) in [7, 11) is 0. The summed E-state index contributed by atoms with van der Waals surface area (Å²) >= 11 is 0. The number of fused-ring (bicyclic) bond motifs is 1. The van der Waals surface area contributed by atoms with Crippen molar-refractivity contribution in [1.82, 2.24) is 25.3 Å². The number of benzene rings is 2. The Morgan fingerprint density at radius 3 is 2.66 bits per heavy atom. The molecular formula is C24H24FN5O2. The fourth-order valence-corrected chi connectivity index (χ4v) is 4.48. The Labute approximate surface area is 185 Å². The van der Waals surface area contributed by atoms with Crippen LogP contribution in [0.1, 0.15) is 17.5 Å². The highest BCUT2D eigenvalue weighted by Gasteiger charge is 2.46. The number of aromatic nitrogens is 2. The van der Waals surface area contributed by atoms with Gasteiger partial charge in [0.2, 0.25) is 11.8 Å². The zero-order valence-corrected chi connectivity index (χ0v) is 17.4. The number of amides is 2. The first-order valence-electron chi connectivity index (χ1n) is 10.7. The fourth-order valence-electron chi connectivity index (χ4n) is 4.48. The number of hydrogen-bond donors (Lipinski definition) is 2. The van der Waals surface area contributed by atoms with Crippen molar-refractivity contribution in [2.75, 3.05) is 6.54 Å². The van der Waals surface area contributed by atoms with E-state index in [4.69, 9.17) is 0 Å². The molecule has 0 aliphatic carbocycles. The normalized spacial score (nSPS) is 22.7. The summed E-state index contributed by atoms with van der Waals surface area (Å²) in [4.78, 5) is 27.4. The van der Waals surface area contributed by atoms with E-state index in [0.717, 1.165) is 11.1 Å². The van der Waals surface area contributed by atoms with Crippen LogP contribution in [0.25, 0.3) is 5.69 Å². The summed E-state index contributed by atoms with van der Waals surface area (Å²) in [6, 6.07) is 15.2. The van der Waals surface area contributed by atoms with Gasteiger partial charge in [-0.05, 0) is 24.1 Å². The van der Waals surface area contributed by atoms with Crippen LogP contribution < -0.4 is 10.6 Å². The summed E-state index contributed by atoms with van der Waals surface area (Å²) in [5, 5.41) is 10.6. The first-order valence-corrected chi connectivity index (χ1v) is 10.7. The summed E-state index contributed by atoms with van der Waals surface area (Å²) < 4.78 is 15.5. The summed E-state index contributed by atoms with van der Waals surface area (Å²) in [6.45, 7) is 1.01. The van der Waals surface area contributed by atoms with Crippen LogP contribution in [-0.2, 0) is 22.6 Å². The van der Waals surface area contributed by atoms with Crippen LogP contribution in [0.5, 0.6) is 0 Å². The van der Waals surface area contributed by atoms with Gasteiger partial charge in [0.05, 0.1) is 6.20 Å². The number of carbonyl (C=O) groups is 2. The van der Waals surface area contributed by atoms with Crippen molar-refractivity contribution in [2.24, 2.45) is 0 Å². The average molecular weight is 433 g/mol. The van der Waals surface area contributed by atoms with Gasteiger partial charge in [-0.1, -0.05) is 42.5 Å². The third kappa shape index (κ3) is 4.01. The molecule has 3 atom stereocenters. The molecule has 7 nitrogen and oxygen atoms in total. The highest BCUT2D eigenvalue weighted by molar-refractivity contribution is 5.97. The minimum atomic E-state index is -0.529. The largest absolute Gasteiger partial charge is 0.342 e. The smallest absolute Gasteiger partial charge is 0.246 e. The molecular weight excluding hydrogens is 409 g/mol. The second-order valence-corrected chi connectivity index (χ2v) is 8.32. The van der Waals surface area contributed by atoms with Crippen molar-refractivity contribution in [2.45, 2.75) is 37.5 Å². The van der Waals surface area contributed by atoms with Gasteiger partial charge in [0, 0.05) is 37.3 Å². The lowest BCUT2D eigenvalue weighted by Crippen LogP contribution is -2.61. The van der Waals surface area contributed by atoms with Crippen molar-refractivity contribution in [3.8, 4) is 5.69 Å². The molecule has 3 heterocycles. The van der Waals surface area contributed by atoms with Crippen molar-refractivity contribution in [3.63, 3.8) is 0 Å². The number of para-hydroxylation sites is 1. The second kappa shape index (κ2) is 8.55. The van der Waals surface area contributed by atoms with E-state index in [1.807, 2.05) is 30.3 Å². The van der Waals surface area contributed by atoms with E-state index in [-0.39, 0.29) is 23.7 Å². The quantitative estimate of drug-likeness (QED) is 0.622. The van der Waals surface area contributed by atoms with Crippen LogP contribution >= 0.6 is 0 Å². The van der Waals surface area contributed by atoms with Crippen molar-refractivity contribution >= 4 is 11.8 Å². The van der Waals surface area contributed by atoms with Gasteiger partial charge in [-0.2, -0.15) is 5.10 Å². The molecule has 2 fully saturated rings. The molecule has 8 heteroatoms. The zero-order chi connectivity index (χ0) is 22.1. The highest BCUT2D eigenvalue weighted by Crippen LogP contribution is 2.24. The highest BCUT2D eigenvalue weighted by atomic mass is 19.1. The maximum Gasteiger partial charge on any atom is 0.246 e. The Morgan fingerprint density at radius 1 is 1.06 bits per heavy atom. The Hall–Kier alpha value is -3.52. The molecule has 164 valence electrons. The van der Waals surface area contributed by atoms with E-state index in [1.165, 1.54) is 10.7 Å². The lowest BCUT2D eigenvalue weighted by Gasteiger charge is -2.34. The minimum absolute atomic E-state index is 0.00184. The van der Waals surface area contributed by atoms with Crippen molar-refractivity contribution in [1.29, 1.82) is 0 Å². The summed E-state index contributed by atoms with van der Waals surface area (Å²) in [6.07, 6.45) is 4.52. The third-order valence-corrected chi connectivity index (χ3v) is 6.11. The molecule has 2 amide bonds. The van der Waals surface area contributed by atoms with E-state index >= 15 is 0 Å². The number of nitrogens with one attached hydrogen (secondary N) is 2. The molecule has 32 heavy (non-hydrogen) atoms. The van der Waals surface area contributed by atoms with Gasteiger partial charge in [-0.15, -0.1) is 0 Å². The molecule has 0 spiro atoms. The topological polar surface area (TPSA) is 79.3 Å². The van der Waals surface area contributed by atoms with Crippen molar-refractivity contribution < 1.29 is 14.0 Å². The fraction of sp³-hybridized carbons (Fsp3) is 0.292. The molecule has 2 N–H and O–H groups in total. The van der Waals surface area contributed by atoms with Crippen LogP contribution in [0, 0.1) is 5.82 Å². The number of nitrogens with zero attached hydrogens (tertiary/aromatic N) is 3. The molecule has 0 saturated carbocycles.